The van der Waals surface area contributed by atoms with E-state index in [0.29, 0.717) is 0 Å². The molecule has 0 N–H and O–H groups in total. The molecule has 0 saturated heterocycles. The van der Waals surface area contributed by atoms with E-state index in [1.165, 1.54) is 0 Å². The van der Waals surface area contributed by atoms with Crippen molar-refractivity contribution in [2.24, 2.45) is 11.3 Å². The van der Waals surface area contributed by atoms with Gasteiger partial charge in [0, 0.05) is 0 Å². The first-order valence-corrected chi connectivity index (χ1v) is 5.46. The van der Waals surface area contributed by atoms with Crippen molar-refractivity contribution in [1.82, 2.24) is 0 Å². The highest BCUT2D eigenvalue weighted by Gasteiger charge is 2.22. The maximum atomic E-state index is 11.6. The Labute approximate surface area is 88.0 Å². The van der Waals surface area contributed by atoms with Crippen molar-refractivity contribution in [2.45, 2.75) is 60.5 Å². The maximum Gasteiger partial charge on any atom is 0.308 e. The second kappa shape index (κ2) is 5.38. The van der Waals surface area contributed by atoms with Gasteiger partial charge < -0.3 is 4.74 Å². The second-order valence-corrected chi connectivity index (χ2v) is 5.32. The average molecular weight is 200 g/mol. The molecule has 0 spiro atoms. The summed E-state index contributed by atoms with van der Waals surface area (Å²) in [5.41, 5.74) is 0.188. The van der Waals surface area contributed by atoms with Gasteiger partial charge in [0.2, 0.25) is 0 Å². The summed E-state index contributed by atoms with van der Waals surface area (Å²) < 4.78 is 5.27. The minimum absolute atomic E-state index is 0.00370. The van der Waals surface area contributed by atoms with Crippen LogP contribution >= 0.6 is 0 Å². The molecule has 0 aliphatic carbocycles. The first-order chi connectivity index (χ1) is 6.26. The van der Waals surface area contributed by atoms with Gasteiger partial charge in [-0.25, -0.2) is 0 Å². The van der Waals surface area contributed by atoms with E-state index in [1.54, 1.807) is 0 Å². The predicted octanol–water partition coefficient (Wildman–Crippen LogP) is 3.40. The molecule has 0 aromatic heterocycles. The Kier molecular flexibility index (Phi) is 5.17. The molecule has 0 aromatic carbocycles. The van der Waals surface area contributed by atoms with Gasteiger partial charge in [0.25, 0.3) is 0 Å². The SMILES string of the molecule is CCC(C)OC(=O)C(C)CC(C)(C)C. The fourth-order valence-corrected chi connectivity index (χ4v) is 1.40. The summed E-state index contributed by atoms with van der Waals surface area (Å²) in [5, 5.41) is 0. The van der Waals surface area contributed by atoms with Gasteiger partial charge >= 0.3 is 5.97 Å². The van der Waals surface area contributed by atoms with Crippen molar-refractivity contribution in [3.8, 4) is 0 Å². The van der Waals surface area contributed by atoms with Crippen LogP contribution in [0.2, 0.25) is 0 Å². The van der Waals surface area contributed by atoms with Crippen LogP contribution in [0.4, 0.5) is 0 Å². The number of carbonyl (C=O) groups is 1. The third-order valence-corrected chi connectivity index (χ3v) is 2.21. The number of esters is 1. The van der Waals surface area contributed by atoms with E-state index in [2.05, 4.69) is 20.8 Å². The van der Waals surface area contributed by atoms with Gasteiger partial charge in [-0.1, -0.05) is 34.6 Å². The van der Waals surface area contributed by atoms with Crippen molar-refractivity contribution < 1.29 is 9.53 Å². The van der Waals surface area contributed by atoms with E-state index < -0.39 is 0 Å². The standard InChI is InChI=1S/C12H24O2/c1-7-10(3)14-11(13)9(2)8-12(4,5)6/h9-10H,7-8H2,1-6H3. The van der Waals surface area contributed by atoms with Crippen molar-refractivity contribution in [3.05, 3.63) is 0 Å². The van der Waals surface area contributed by atoms with Gasteiger partial charge in [-0.15, -0.1) is 0 Å². The van der Waals surface area contributed by atoms with Crippen LogP contribution in [-0.4, -0.2) is 12.1 Å². The topological polar surface area (TPSA) is 26.3 Å². The van der Waals surface area contributed by atoms with E-state index >= 15 is 0 Å². The number of carbonyl (C=O) groups excluding carboxylic acids is 1. The fourth-order valence-electron chi connectivity index (χ4n) is 1.40. The quantitative estimate of drug-likeness (QED) is 0.650. The Morgan fingerprint density at radius 1 is 1.29 bits per heavy atom. The molecular weight excluding hydrogens is 176 g/mol. The monoisotopic (exact) mass is 200 g/mol. The Balaban J connectivity index is 4.00. The third-order valence-electron chi connectivity index (χ3n) is 2.21. The molecule has 0 radical (unpaired) electrons. The van der Waals surface area contributed by atoms with E-state index in [4.69, 9.17) is 4.74 Å². The largest absolute Gasteiger partial charge is 0.462 e. The molecule has 84 valence electrons. The molecule has 2 atom stereocenters. The fraction of sp³-hybridized carbons (Fsp3) is 0.917. The molecular formula is C12H24O2. The van der Waals surface area contributed by atoms with E-state index in [1.807, 2.05) is 20.8 Å². The molecule has 0 amide bonds. The lowest BCUT2D eigenvalue weighted by atomic mass is 9.85. The van der Waals surface area contributed by atoms with Gasteiger partial charge in [-0.05, 0) is 25.2 Å². The van der Waals surface area contributed by atoms with E-state index in [9.17, 15) is 4.79 Å². The Bertz CT molecular complexity index is 179. The lowest BCUT2D eigenvalue weighted by Crippen LogP contribution is -2.24. The Morgan fingerprint density at radius 3 is 2.14 bits per heavy atom. The lowest BCUT2D eigenvalue weighted by Gasteiger charge is -2.23. The first kappa shape index (κ1) is 13.5. The molecule has 2 unspecified atom stereocenters. The van der Waals surface area contributed by atoms with Gasteiger partial charge in [-0.3, -0.25) is 4.79 Å². The van der Waals surface area contributed by atoms with Crippen LogP contribution in [0.25, 0.3) is 0 Å². The smallest absolute Gasteiger partial charge is 0.308 e. The zero-order valence-electron chi connectivity index (χ0n) is 10.4. The molecule has 0 aliphatic heterocycles. The van der Waals surface area contributed by atoms with Gasteiger partial charge in [0.15, 0.2) is 0 Å². The van der Waals surface area contributed by atoms with Crippen LogP contribution in [0.15, 0.2) is 0 Å². The zero-order chi connectivity index (χ0) is 11.4. The number of hydrogen-bond donors (Lipinski definition) is 0. The molecule has 0 fully saturated rings. The van der Waals surface area contributed by atoms with Crippen LogP contribution in [0.3, 0.4) is 0 Å². The summed E-state index contributed by atoms with van der Waals surface area (Å²) in [5.74, 6) is -0.0572. The summed E-state index contributed by atoms with van der Waals surface area (Å²) in [6, 6.07) is 0. The van der Waals surface area contributed by atoms with E-state index in [-0.39, 0.29) is 23.4 Å². The number of ether oxygens (including phenoxy) is 1. The first-order valence-electron chi connectivity index (χ1n) is 5.46. The molecule has 0 saturated carbocycles. The van der Waals surface area contributed by atoms with Crippen LogP contribution in [0.1, 0.15) is 54.4 Å². The van der Waals surface area contributed by atoms with E-state index in [0.717, 1.165) is 12.8 Å². The molecule has 0 aliphatic rings. The van der Waals surface area contributed by atoms with Crippen LogP contribution in [0, 0.1) is 11.3 Å². The predicted molar refractivity (Wildman–Crippen MR) is 59.1 cm³/mol. The third kappa shape index (κ3) is 6.01. The highest BCUT2D eigenvalue weighted by Crippen LogP contribution is 2.25. The Morgan fingerprint density at radius 2 is 1.79 bits per heavy atom. The molecule has 0 aromatic rings. The minimum atomic E-state index is -0.0609. The maximum absolute atomic E-state index is 11.6. The summed E-state index contributed by atoms with van der Waals surface area (Å²) in [4.78, 5) is 11.6. The summed E-state index contributed by atoms with van der Waals surface area (Å²) >= 11 is 0. The Hall–Kier alpha value is -0.530. The van der Waals surface area contributed by atoms with Crippen LogP contribution in [-0.2, 0) is 9.53 Å². The zero-order valence-corrected chi connectivity index (χ0v) is 10.4. The van der Waals surface area contributed by atoms with Crippen LogP contribution < -0.4 is 0 Å². The molecule has 0 rings (SSSR count). The number of hydrogen-bond acceptors (Lipinski definition) is 2. The molecule has 0 bridgehead atoms. The van der Waals surface area contributed by atoms with Gasteiger partial charge in [0.05, 0.1) is 12.0 Å². The molecule has 0 heterocycles. The highest BCUT2D eigenvalue weighted by molar-refractivity contribution is 5.72. The van der Waals surface area contributed by atoms with Crippen LogP contribution in [0.5, 0.6) is 0 Å². The van der Waals surface area contributed by atoms with Gasteiger partial charge in [0.1, 0.15) is 0 Å². The normalized spacial score (nSPS) is 16.1. The average Bonchev–Trinajstić information content (AvgIpc) is 2.00. The van der Waals surface area contributed by atoms with Crippen molar-refractivity contribution in [2.75, 3.05) is 0 Å². The molecule has 14 heavy (non-hydrogen) atoms. The lowest BCUT2D eigenvalue weighted by molar-refractivity contribution is -0.153. The van der Waals surface area contributed by atoms with Crippen molar-refractivity contribution >= 4 is 5.97 Å². The molecule has 2 nitrogen and oxygen atoms in total. The number of rotatable bonds is 4. The van der Waals surface area contributed by atoms with Crippen molar-refractivity contribution in [1.29, 1.82) is 0 Å². The highest BCUT2D eigenvalue weighted by atomic mass is 16.5. The van der Waals surface area contributed by atoms with Crippen molar-refractivity contribution in [3.63, 3.8) is 0 Å². The summed E-state index contributed by atoms with van der Waals surface area (Å²) in [7, 11) is 0. The second-order valence-electron chi connectivity index (χ2n) is 5.32. The minimum Gasteiger partial charge on any atom is -0.462 e. The van der Waals surface area contributed by atoms with Gasteiger partial charge in [-0.2, -0.15) is 0 Å². The molecule has 2 heteroatoms. The summed E-state index contributed by atoms with van der Waals surface area (Å²) in [6.45, 7) is 12.3. The summed E-state index contributed by atoms with van der Waals surface area (Å²) in [6.07, 6.45) is 1.81.